The van der Waals surface area contributed by atoms with E-state index in [1.807, 2.05) is 19.2 Å². The Labute approximate surface area is 127 Å². The van der Waals surface area contributed by atoms with Gasteiger partial charge in [0.25, 0.3) is 0 Å². The van der Waals surface area contributed by atoms with Gasteiger partial charge in [-0.3, -0.25) is 9.69 Å². The first-order valence-corrected chi connectivity index (χ1v) is 7.91. The molecule has 1 fully saturated rings. The summed E-state index contributed by atoms with van der Waals surface area (Å²) in [6.07, 6.45) is 5.10. The van der Waals surface area contributed by atoms with E-state index >= 15 is 0 Å². The van der Waals surface area contributed by atoms with Gasteiger partial charge in [0.15, 0.2) is 0 Å². The molecule has 2 rings (SSSR count). The fourth-order valence-corrected chi connectivity index (χ4v) is 2.84. The summed E-state index contributed by atoms with van der Waals surface area (Å²) in [7, 11) is 1.84. The largest absolute Gasteiger partial charge is 0.467 e. The molecule has 0 radical (unpaired) electrons. The topological polar surface area (TPSA) is 48.7 Å². The van der Waals surface area contributed by atoms with Crippen LogP contribution in [0.4, 0.5) is 0 Å². The predicted molar refractivity (Wildman–Crippen MR) is 82.9 cm³/mol. The molecule has 2 heterocycles. The standard InChI is InChI=1S/C16H27N3O2/c1-3-9-19(14-6-4-8-17-11-14)13-16(20)18(2)12-15-7-5-10-21-15/h5,7,10,14,17H,3-4,6,8-9,11-13H2,1-2H3. The Balaban J connectivity index is 1.87. The number of likely N-dealkylation sites (N-methyl/N-ethyl adjacent to an activating group) is 1. The monoisotopic (exact) mass is 293 g/mol. The number of amides is 1. The molecule has 0 saturated carbocycles. The van der Waals surface area contributed by atoms with Gasteiger partial charge in [-0.1, -0.05) is 6.92 Å². The third kappa shape index (κ3) is 4.86. The summed E-state index contributed by atoms with van der Waals surface area (Å²) >= 11 is 0. The Morgan fingerprint density at radius 3 is 3.00 bits per heavy atom. The lowest BCUT2D eigenvalue weighted by molar-refractivity contribution is -0.132. The molecule has 1 saturated heterocycles. The van der Waals surface area contributed by atoms with Crippen LogP contribution in [-0.2, 0) is 11.3 Å². The molecule has 1 aromatic rings. The van der Waals surface area contributed by atoms with Gasteiger partial charge in [0.2, 0.25) is 5.91 Å². The molecule has 5 heteroatoms. The van der Waals surface area contributed by atoms with E-state index < -0.39 is 0 Å². The first-order valence-electron chi connectivity index (χ1n) is 7.91. The zero-order valence-electron chi connectivity index (χ0n) is 13.2. The Bertz CT molecular complexity index is 413. The lowest BCUT2D eigenvalue weighted by Gasteiger charge is -2.34. The van der Waals surface area contributed by atoms with Crippen LogP contribution < -0.4 is 5.32 Å². The van der Waals surface area contributed by atoms with Crippen molar-refractivity contribution in [2.75, 3.05) is 33.2 Å². The summed E-state index contributed by atoms with van der Waals surface area (Å²) < 4.78 is 5.31. The number of furan rings is 1. The highest BCUT2D eigenvalue weighted by Crippen LogP contribution is 2.12. The Hall–Kier alpha value is -1.33. The van der Waals surface area contributed by atoms with Gasteiger partial charge in [0.05, 0.1) is 19.4 Å². The van der Waals surface area contributed by atoms with Crippen LogP contribution in [0.25, 0.3) is 0 Å². The van der Waals surface area contributed by atoms with Crippen molar-refractivity contribution in [3.05, 3.63) is 24.2 Å². The quantitative estimate of drug-likeness (QED) is 0.831. The maximum absolute atomic E-state index is 12.4. The lowest BCUT2D eigenvalue weighted by atomic mass is 10.1. The van der Waals surface area contributed by atoms with E-state index in [1.165, 1.54) is 12.8 Å². The highest BCUT2D eigenvalue weighted by atomic mass is 16.3. The summed E-state index contributed by atoms with van der Waals surface area (Å²) in [6.45, 7) is 6.27. The van der Waals surface area contributed by atoms with Gasteiger partial charge < -0.3 is 14.6 Å². The summed E-state index contributed by atoms with van der Waals surface area (Å²) in [5.74, 6) is 0.984. The van der Waals surface area contributed by atoms with Crippen molar-refractivity contribution in [2.45, 2.75) is 38.8 Å². The van der Waals surface area contributed by atoms with Crippen LogP contribution >= 0.6 is 0 Å². The second-order valence-electron chi connectivity index (χ2n) is 5.80. The van der Waals surface area contributed by atoms with E-state index in [9.17, 15) is 4.79 Å². The van der Waals surface area contributed by atoms with E-state index in [-0.39, 0.29) is 5.91 Å². The minimum atomic E-state index is 0.158. The highest BCUT2D eigenvalue weighted by Gasteiger charge is 2.23. The van der Waals surface area contributed by atoms with Crippen molar-refractivity contribution in [1.82, 2.24) is 15.1 Å². The van der Waals surface area contributed by atoms with Crippen molar-refractivity contribution in [1.29, 1.82) is 0 Å². The molecule has 1 unspecified atom stereocenters. The van der Waals surface area contributed by atoms with E-state index in [0.717, 1.165) is 31.8 Å². The van der Waals surface area contributed by atoms with Crippen LogP contribution in [0.1, 0.15) is 31.9 Å². The van der Waals surface area contributed by atoms with Gasteiger partial charge in [-0.2, -0.15) is 0 Å². The molecule has 0 spiro atoms. The zero-order chi connectivity index (χ0) is 15.1. The van der Waals surface area contributed by atoms with Gasteiger partial charge in [0.1, 0.15) is 5.76 Å². The number of piperidine rings is 1. The maximum atomic E-state index is 12.4. The van der Waals surface area contributed by atoms with Gasteiger partial charge >= 0.3 is 0 Å². The van der Waals surface area contributed by atoms with E-state index in [4.69, 9.17) is 4.42 Å². The Kier molecular flexibility index (Phi) is 6.26. The molecular formula is C16H27N3O2. The fourth-order valence-electron chi connectivity index (χ4n) is 2.84. The summed E-state index contributed by atoms with van der Waals surface area (Å²) in [5.41, 5.74) is 0. The lowest BCUT2D eigenvalue weighted by Crippen LogP contribution is -2.49. The van der Waals surface area contributed by atoms with Crippen molar-refractivity contribution in [3.63, 3.8) is 0 Å². The van der Waals surface area contributed by atoms with Gasteiger partial charge in [-0.15, -0.1) is 0 Å². The molecule has 1 atom stereocenters. The molecule has 1 aliphatic rings. The zero-order valence-corrected chi connectivity index (χ0v) is 13.2. The third-order valence-electron chi connectivity index (χ3n) is 4.04. The number of carbonyl (C=O) groups excluding carboxylic acids is 1. The first kappa shape index (κ1) is 16.0. The number of hydrogen-bond acceptors (Lipinski definition) is 4. The SMILES string of the molecule is CCCN(CC(=O)N(C)Cc1ccco1)C1CCCNC1. The summed E-state index contributed by atoms with van der Waals surface area (Å²) in [5, 5.41) is 3.43. The van der Waals surface area contributed by atoms with Crippen molar-refractivity contribution < 1.29 is 9.21 Å². The number of carbonyl (C=O) groups is 1. The molecule has 1 aromatic heterocycles. The summed E-state index contributed by atoms with van der Waals surface area (Å²) in [6, 6.07) is 4.24. The third-order valence-corrected chi connectivity index (χ3v) is 4.04. The Morgan fingerprint density at radius 2 is 2.38 bits per heavy atom. The van der Waals surface area contributed by atoms with Crippen molar-refractivity contribution in [2.24, 2.45) is 0 Å². The van der Waals surface area contributed by atoms with Crippen LogP contribution in [0.3, 0.4) is 0 Å². The van der Waals surface area contributed by atoms with Crippen molar-refractivity contribution in [3.8, 4) is 0 Å². The second kappa shape index (κ2) is 8.20. The van der Waals surface area contributed by atoms with Crippen LogP contribution in [0.5, 0.6) is 0 Å². The Morgan fingerprint density at radius 1 is 1.52 bits per heavy atom. The minimum absolute atomic E-state index is 0.158. The molecule has 5 nitrogen and oxygen atoms in total. The van der Waals surface area contributed by atoms with Gasteiger partial charge in [-0.05, 0) is 44.5 Å². The molecule has 0 aromatic carbocycles. The molecule has 1 N–H and O–H groups in total. The molecule has 1 amide bonds. The second-order valence-corrected chi connectivity index (χ2v) is 5.80. The molecule has 0 bridgehead atoms. The number of rotatable bonds is 7. The fraction of sp³-hybridized carbons (Fsp3) is 0.688. The van der Waals surface area contributed by atoms with Crippen LogP contribution in [0, 0.1) is 0 Å². The molecule has 118 valence electrons. The van der Waals surface area contributed by atoms with Gasteiger partial charge in [0, 0.05) is 19.6 Å². The molecular weight excluding hydrogens is 266 g/mol. The number of nitrogens with zero attached hydrogens (tertiary/aromatic N) is 2. The van der Waals surface area contributed by atoms with Crippen LogP contribution in [0.2, 0.25) is 0 Å². The van der Waals surface area contributed by atoms with Crippen LogP contribution in [0.15, 0.2) is 22.8 Å². The number of hydrogen-bond donors (Lipinski definition) is 1. The maximum Gasteiger partial charge on any atom is 0.236 e. The highest BCUT2D eigenvalue weighted by molar-refractivity contribution is 5.78. The molecule has 1 aliphatic heterocycles. The summed E-state index contributed by atoms with van der Waals surface area (Å²) in [4.78, 5) is 16.5. The van der Waals surface area contributed by atoms with E-state index in [2.05, 4.69) is 17.1 Å². The average molecular weight is 293 g/mol. The predicted octanol–water partition coefficient (Wildman–Crippen LogP) is 1.70. The minimum Gasteiger partial charge on any atom is -0.467 e. The normalized spacial score (nSPS) is 18.9. The number of nitrogens with one attached hydrogen (secondary N) is 1. The van der Waals surface area contributed by atoms with E-state index in [1.54, 1.807) is 11.2 Å². The molecule has 21 heavy (non-hydrogen) atoms. The van der Waals surface area contributed by atoms with E-state index in [0.29, 0.717) is 19.1 Å². The first-order chi connectivity index (χ1) is 10.2. The smallest absolute Gasteiger partial charge is 0.236 e. The van der Waals surface area contributed by atoms with Crippen molar-refractivity contribution >= 4 is 5.91 Å². The molecule has 0 aliphatic carbocycles. The van der Waals surface area contributed by atoms with Crippen LogP contribution in [-0.4, -0.2) is 55.0 Å². The average Bonchev–Trinajstić information content (AvgIpc) is 3.00. The van der Waals surface area contributed by atoms with Gasteiger partial charge in [-0.25, -0.2) is 0 Å².